The molecule has 0 N–H and O–H groups in total. The molecule has 1 saturated carbocycles. The van der Waals surface area contributed by atoms with Crippen molar-refractivity contribution in [3.05, 3.63) is 47.2 Å². The molecule has 0 atom stereocenters. The number of aliphatic imine (C=N–C) groups is 1. The molecule has 1 heterocycles. The van der Waals surface area contributed by atoms with E-state index < -0.39 is 0 Å². The summed E-state index contributed by atoms with van der Waals surface area (Å²) < 4.78 is 7.64. The van der Waals surface area contributed by atoms with Gasteiger partial charge in [-0.2, -0.15) is 0 Å². The van der Waals surface area contributed by atoms with Crippen LogP contribution in [0.5, 0.6) is 5.75 Å². The van der Waals surface area contributed by atoms with Crippen molar-refractivity contribution in [2.24, 2.45) is 4.99 Å². The highest BCUT2D eigenvalue weighted by atomic mass is 35.5. The zero-order valence-corrected chi connectivity index (χ0v) is 13.6. The first-order valence-corrected chi connectivity index (χ1v) is 8.19. The van der Waals surface area contributed by atoms with Gasteiger partial charge >= 0.3 is 0 Å². The monoisotopic (exact) mass is 316 g/mol. The van der Waals surface area contributed by atoms with Crippen molar-refractivity contribution in [1.82, 2.24) is 4.57 Å². The van der Waals surface area contributed by atoms with Gasteiger partial charge < -0.3 is 9.30 Å². The van der Waals surface area contributed by atoms with Crippen LogP contribution in [-0.4, -0.2) is 17.9 Å². The van der Waals surface area contributed by atoms with Crippen molar-refractivity contribution in [1.29, 1.82) is 0 Å². The first-order valence-electron chi connectivity index (χ1n) is 7.81. The van der Waals surface area contributed by atoms with Gasteiger partial charge in [0.2, 0.25) is 0 Å². The number of rotatable bonds is 4. The molecule has 0 unspecified atom stereocenters. The second-order valence-electron chi connectivity index (χ2n) is 5.76. The van der Waals surface area contributed by atoms with E-state index in [1.807, 2.05) is 18.3 Å². The van der Waals surface area contributed by atoms with Crippen molar-refractivity contribution in [3.63, 3.8) is 0 Å². The molecule has 1 aromatic carbocycles. The van der Waals surface area contributed by atoms with Crippen molar-refractivity contribution in [3.8, 4) is 5.75 Å². The normalized spacial score (nSPS) is 16.3. The third kappa shape index (κ3) is 3.53. The van der Waals surface area contributed by atoms with E-state index in [0.29, 0.717) is 11.1 Å². The summed E-state index contributed by atoms with van der Waals surface area (Å²) in [6.07, 6.45) is 12.8. The quantitative estimate of drug-likeness (QED) is 0.693. The number of hydrogen-bond acceptors (Lipinski definition) is 2. The SMILES string of the molecule is COc1ccc(Cl)cc1N=Cc1ccn(C2CCCCC2)c1. The summed E-state index contributed by atoms with van der Waals surface area (Å²) >= 11 is 6.03. The Hall–Kier alpha value is -1.74. The van der Waals surface area contributed by atoms with Crippen LogP contribution in [0.2, 0.25) is 5.02 Å². The Balaban J connectivity index is 1.75. The summed E-state index contributed by atoms with van der Waals surface area (Å²) in [4.78, 5) is 4.52. The molecule has 0 spiro atoms. The number of hydrogen-bond donors (Lipinski definition) is 0. The van der Waals surface area contributed by atoms with Gasteiger partial charge in [0.25, 0.3) is 0 Å². The molecule has 22 heavy (non-hydrogen) atoms. The average molecular weight is 317 g/mol. The molecule has 1 aromatic heterocycles. The molecular formula is C18H21ClN2O. The second kappa shape index (κ2) is 7.01. The lowest BCUT2D eigenvalue weighted by Gasteiger charge is -2.23. The molecule has 0 radical (unpaired) electrons. The van der Waals surface area contributed by atoms with E-state index in [9.17, 15) is 0 Å². The van der Waals surface area contributed by atoms with Crippen molar-refractivity contribution < 1.29 is 4.74 Å². The number of ether oxygens (including phenoxy) is 1. The van der Waals surface area contributed by atoms with Gasteiger partial charge in [0.15, 0.2) is 0 Å². The maximum atomic E-state index is 6.03. The Kier molecular flexibility index (Phi) is 4.84. The smallest absolute Gasteiger partial charge is 0.144 e. The fourth-order valence-corrected chi connectivity index (χ4v) is 3.19. The van der Waals surface area contributed by atoms with Crippen molar-refractivity contribution >= 4 is 23.5 Å². The number of aromatic nitrogens is 1. The summed E-state index contributed by atoms with van der Waals surface area (Å²) in [6.45, 7) is 0. The van der Waals surface area contributed by atoms with Crippen LogP contribution < -0.4 is 4.74 Å². The summed E-state index contributed by atoms with van der Waals surface area (Å²) in [5, 5.41) is 0.660. The van der Waals surface area contributed by atoms with E-state index in [-0.39, 0.29) is 0 Å². The standard InChI is InChI=1S/C18H21ClN2O/c1-22-18-8-7-15(19)11-17(18)20-12-14-9-10-21(13-14)16-5-3-2-4-6-16/h7-13,16H,2-6H2,1H3. The predicted octanol–water partition coefficient (Wildman–Crippen LogP) is 5.41. The van der Waals surface area contributed by atoms with Crippen LogP contribution in [0.4, 0.5) is 5.69 Å². The van der Waals surface area contributed by atoms with Gasteiger partial charge in [-0.25, -0.2) is 0 Å². The molecule has 0 amide bonds. The minimum Gasteiger partial charge on any atom is -0.494 e. The van der Waals surface area contributed by atoms with E-state index in [0.717, 1.165) is 17.0 Å². The molecule has 1 aliphatic carbocycles. The topological polar surface area (TPSA) is 26.5 Å². The molecule has 0 bridgehead atoms. The zero-order valence-electron chi connectivity index (χ0n) is 12.8. The lowest BCUT2D eigenvalue weighted by Crippen LogP contribution is -2.10. The Bertz CT molecular complexity index is 657. The van der Waals surface area contributed by atoms with Crippen LogP contribution in [0, 0.1) is 0 Å². The Morgan fingerprint density at radius 2 is 2.05 bits per heavy atom. The number of halogens is 1. The lowest BCUT2D eigenvalue weighted by molar-refractivity contribution is 0.354. The third-order valence-corrected chi connectivity index (χ3v) is 4.46. The highest BCUT2D eigenvalue weighted by molar-refractivity contribution is 6.30. The maximum absolute atomic E-state index is 6.03. The lowest BCUT2D eigenvalue weighted by atomic mass is 9.95. The molecule has 1 fully saturated rings. The minimum absolute atomic E-state index is 0.650. The van der Waals surface area contributed by atoms with E-state index in [1.54, 1.807) is 13.2 Å². The molecular weight excluding hydrogens is 296 g/mol. The fraction of sp³-hybridized carbons (Fsp3) is 0.389. The van der Waals surface area contributed by atoms with Gasteiger partial charge in [-0.3, -0.25) is 4.99 Å². The van der Waals surface area contributed by atoms with Gasteiger partial charge in [-0.15, -0.1) is 0 Å². The largest absolute Gasteiger partial charge is 0.494 e. The molecule has 3 rings (SSSR count). The van der Waals surface area contributed by atoms with Crippen LogP contribution in [0.1, 0.15) is 43.7 Å². The highest BCUT2D eigenvalue weighted by Crippen LogP contribution is 2.31. The van der Waals surface area contributed by atoms with E-state index in [4.69, 9.17) is 16.3 Å². The highest BCUT2D eigenvalue weighted by Gasteiger charge is 2.14. The van der Waals surface area contributed by atoms with Crippen LogP contribution in [0.25, 0.3) is 0 Å². The third-order valence-electron chi connectivity index (χ3n) is 4.23. The van der Waals surface area contributed by atoms with Gasteiger partial charge in [0.1, 0.15) is 11.4 Å². The average Bonchev–Trinajstić information content (AvgIpc) is 3.03. The Morgan fingerprint density at radius 3 is 2.82 bits per heavy atom. The zero-order chi connectivity index (χ0) is 15.4. The van der Waals surface area contributed by atoms with E-state index >= 15 is 0 Å². The van der Waals surface area contributed by atoms with Crippen LogP contribution in [0.15, 0.2) is 41.7 Å². The number of benzene rings is 1. The van der Waals surface area contributed by atoms with Gasteiger partial charge in [-0.1, -0.05) is 30.9 Å². The molecule has 2 aromatic rings. The predicted molar refractivity (Wildman–Crippen MR) is 91.8 cm³/mol. The molecule has 4 heteroatoms. The molecule has 0 saturated heterocycles. The second-order valence-corrected chi connectivity index (χ2v) is 6.19. The first kappa shape index (κ1) is 15.2. The van der Waals surface area contributed by atoms with Crippen molar-refractivity contribution in [2.45, 2.75) is 38.1 Å². The fourth-order valence-electron chi connectivity index (χ4n) is 3.02. The summed E-state index contributed by atoms with van der Waals surface area (Å²) in [5.41, 5.74) is 1.85. The van der Waals surface area contributed by atoms with Gasteiger partial charge in [0, 0.05) is 35.2 Å². The van der Waals surface area contributed by atoms with Gasteiger partial charge in [-0.05, 0) is 37.1 Å². The Morgan fingerprint density at radius 1 is 1.23 bits per heavy atom. The number of methoxy groups -OCH3 is 1. The maximum Gasteiger partial charge on any atom is 0.144 e. The molecule has 0 aliphatic heterocycles. The Labute approximate surface area is 136 Å². The summed E-state index contributed by atoms with van der Waals surface area (Å²) in [5.74, 6) is 0.729. The van der Waals surface area contributed by atoms with Crippen LogP contribution >= 0.6 is 11.6 Å². The summed E-state index contributed by atoms with van der Waals surface area (Å²) in [7, 11) is 1.64. The molecule has 3 nitrogen and oxygen atoms in total. The van der Waals surface area contributed by atoms with Crippen LogP contribution in [-0.2, 0) is 0 Å². The minimum atomic E-state index is 0.650. The summed E-state index contributed by atoms with van der Waals surface area (Å²) in [6, 6.07) is 8.21. The first-order chi connectivity index (χ1) is 10.8. The number of nitrogens with zero attached hydrogens (tertiary/aromatic N) is 2. The van der Waals surface area contributed by atoms with Gasteiger partial charge in [0.05, 0.1) is 7.11 Å². The van der Waals surface area contributed by atoms with E-state index in [2.05, 4.69) is 28.0 Å². The van der Waals surface area contributed by atoms with Crippen LogP contribution in [0.3, 0.4) is 0 Å². The van der Waals surface area contributed by atoms with E-state index in [1.165, 1.54) is 32.1 Å². The molecule has 116 valence electrons. The van der Waals surface area contributed by atoms with Crippen molar-refractivity contribution in [2.75, 3.05) is 7.11 Å². The molecule has 1 aliphatic rings.